The van der Waals surface area contributed by atoms with Crippen LogP contribution in [-0.4, -0.2) is 5.91 Å². The number of rotatable bonds is 3. The molecule has 0 saturated carbocycles. The number of carbonyl (C=O) groups is 1. The molecule has 1 aliphatic heterocycles. The Kier molecular flexibility index (Phi) is 3.88. The maximum atomic E-state index is 11.9. The number of amides is 1. The molecule has 2 N–H and O–H groups in total. The van der Waals surface area contributed by atoms with Crippen LogP contribution < -0.4 is 10.9 Å². The average molecular weight is 308 g/mol. The molecular weight excluding hydrogens is 284 g/mol. The van der Waals surface area contributed by atoms with Gasteiger partial charge in [0.15, 0.2) is 0 Å². The van der Waals surface area contributed by atoms with E-state index in [9.17, 15) is 4.79 Å². The molecule has 1 fully saturated rings. The Morgan fingerprint density at radius 2 is 1.74 bits per heavy atom. The van der Waals surface area contributed by atoms with Crippen molar-refractivity contribution in [1.82, 2.24) is 10.9 Å². The van der Waals surface area contributed by atoms with Crippen molar-refractivity contribution in [1.29, 1.82) is 0 Å². The van der Waals surface area contributed by atoms with Crippen molar-refractivity contribution in [3.05, 3.63) is 53.2 Å². The van der Waals surface area contributed by atoms with Crippen LogP contribution in [0.3, 0.4) is 0 Å². The highest BCUT2D eigenvalue weighted by Gasteiger charge is 2.37. The number of benzene rings is 2. The van der Waals surface area contributed by atoms with Crippen LogP contribution >= 0.6 is 0 Å². The van der Waals surface area contributed by atoms with E-state index >= 15 is 0 Å². The van der Waals surface area contributed by atoms with Gasteiger partial charge in [0, 0.05) is 5.70 Å². The zero-order valence-corrected chi connectivity index (χ0v) is 14.2. The molecule has 3 heteroatoms. The molecule has 0 bridgehead atoms. The smallest absolute Gasteiger partial charge is 0.249 e. The monoisotopic (exact) mass is 308 g/mol. The van der Waals surface area contributed by atoms with Crippen molar-refractivity contribution in [2.75, 3.05) is 0 Å². The minimum Gasteiger partial charge on any atom is -0.302 e. The van der Waals surface area contributed by atoms with Crippen LogP contribution in [0.1, 0.15) is 38.8 Å². The summed E-state index contributed by atoms with van der Waals surface area (Å²) in [6.07, 6.45) is 3.15. The fraction of sp³-hybridized carbons (Fsp3) is 0.350. The van der Waals surface area contributed by atoms with Crippen LogP contribution in [0.5, 0.6) is 0 Å². The molecular formula is C20H24N2O. The van der Waals surface area contributed by atoms with Crippen molar-refractivity contribution >= 4 is 22.8 Å². The third-order valence-corrected chi connectivity index (χ3v) is 4.53. The van der Waals surface area contributed by atoms with Gasteiger partial charge in [0.05, 0.1) is 5.41 Å². The summed E-state index contributed by atoms with van der Waals surface area (Å²) in [5, 5.41) is 2.53. The highest BCUT2D eigenvalue weighted by molar-refractivity contribution is 5.95. The lowest BCUT2D eigenvalue weighted by Gasteiger charge is -2.16. The number of hydrogen-bond acceptors (Lipinski definition) is 2. The number of hydrogen-bond donors (Lipinski definition) is 2. The van der Waals surface area contributed by atoms with Crippen LogP contribution in [0.15, 0.2) is 42.1 Å². The molecule has 0 unspecified atom stereocenters. The normalized spacial score (nSPS) is 18.5. The Hall–Kier alpha value is -2.29. The maximum Gasteiger partial charge on any atom is 0.249 e. The second kappa shape index (κ2) is 5.73. The molecule has 1 saturated heterocycles. The van der Waals surface area contributed by atoms with E-state index in [0.29, 0.717) is 5.92 Å². The highest BCUT2D eigenvalue weighted by Crippen LogP contribution is 2.32. The number of hydrazine groups is 1. The van der Waals surface area contributed by atoms with Crippen LogP contribution in [0.25, 0.3) is 16.8 Å². The summed E-state index contributed by atoms with van der Waals surface area (Å²) >= 11 is 0. The summed E-state index contributed by atoms with van der Waals surface area (Å²) in [6, 6.07) is 12.9. The molecule has 1 amide bonds. The Labute approximate surface area is 137 Å². The van der Waals surface area contributed by atoms with Crippen molar-refractivity contribution in [2.45, 2.75) is 34.1 Å². The molecule has 0 aliphatic carbocycles. The fourth-order valence-corrected chi connectivity index (χ4v) is 3.06. The highest BCUT2D eigenvalue weighted by atomic mass is 16.2. The minimum absolute atomic E-state index is 0.00415. The SMILES string of the molecule is CC(C)Cc1ccc(/C=C2\NNC(=O)C2(C)C)c2ccccc12. The fourth-order valence-electron chi connectivity index (χ4n) is 3.06. The number of carbonyl (C=O) groups excluding carboxylic acids is 1. The molecule has 3 rings (SSSR count). The van der Waals surface area contributed by atoms with Crippen LogP contribution in [0.4, 0.5) is 0 Å². The Balaban J connectivity index is 2.12. The Morgan fingerprint density at radius 1 is 1.04 bits per heavy atom. The van der Waals surface area contributed by atoms with Crippen molar-refractivity contribution in [2.24, 2.45) is 11.3 Å². The third kappa shape index (κ3) is 2.83. The quantitative estimate of drug-likeness (QED) is 0.898. The lowest BCUT2D eigenvalue weighted by Crippen LogP contribution is -2.28. The summed E-state index contributed by atoms with van der Waals surface area (Å²) in [6.45, 7) is 8.35. The van der Waals surface area contributed by atoms with E-state index in [1.807, 2.05) is 13.8 Å². The van der Waals surface area contributed by atoms with E-state index in [4.69, 9.17) is 0 Å². The van der Waals surface area contributed by atoms with Gasteiger partial charge in [0.25, 0.3) is 0 Å². The minimum atomic E-state index is -0.530. The maximum absolute atomic E-state index is 11.9. The first kappa shape index (κ1) is 15.6. The molecule has 1 aliphatic rings. The summed E-state index contributed by atoms with van der Waals surface area (Å²) < 4.78 is 0. The van der Waals surface area contributed by atoms with Gasteiger partial charge in [-0.05, 0) is 54.2 Å². The van der Waals surface area contributed by atoms with Gasteiger partial charge in [-0.3, -0.25) is 10.2 Å². The predicted octanol–water partition coefficient (Wildman–Crippen LogP) is 4.04. The lowest BCUT2D eigenvalue weighted by molar-refractivity contribution is -0.125. The van der Waals surface area contributed by atoms with Crippen molar-refractivity contribution in [3.8, 4) is 0 Å². The second-order valence-corrected chi connectivity index (χ2v) is 7.22. The Bertz CT molecular complexity index is 787. The van der Waals surface area contributed by atoms with Gasteiger partial charge in [0.2, 0.25) is 5.91 Å². The van der Waals surface area contributed by atoms with Gasteiger partial charge in [-0.25, -0.2) is 0 Å². The third-order valence-electron chi connectivity index (χ3n) is 4.53. The molecule has 0 atom stereocenters. The molecule has 2 aromatic carbocycles. The van der Waals surface area contributed by atoms with Gasteiger partial charge in [-0.1, -0.05) is 50.2 Å². The van der Waals surface area contributed by atoms with E-state index in [-0.39, 0.29) is 5.91 Å². The molecule has 0 spiro atoms. The van der Waals surface area contributed by atoms with Gasteiger partial charge in [-0.2, -0.15) is 0 Å². The molecule has 3 nitrogen and oxygen atoms in total. The van der Waals surface area contributed by atoms with Crippen molar-refractivity contribution in [3.63, 3.8) is 0 Å². The van der Waals surface area contributed by atoms with E-state index in [0.717, 1.165) is 17.7 Å². The van der Waals surface area contributed by atoms with Crippen molar-refractivity contribution < 1.29 is 4.79 Å². The zero-order chi connectivity index (χ0) is 16.6. The van der Waals surface area contributed by atoms with Gasteiger partial charge in [-0.15, -0.1) is 0 Å². The zero-order valence-electron chi connectivity index (χ0n) is 14.2. The molecule has 1 heterocycles. The largest absolute Gasteiger partial charge is 0.302 e. The summed E-state index contributed by atoms with van der Waals surface area (Å²) in [5.41, 5.74) is 8.62. The summed E-state index contributed by atoms with van der Waals surface area (Å²) in [5.74, 6) is 0.629. The molecule has 2 aromatic rings. The van der Waals surface area contributed by atoms with Gasteiger partial charge in [0.1, 0.15) is 0 Å². The van der Waals surface area contributed by atoms with E-state index in [2.05, 4.69) is 67.2 Å². The summed E-state index contributed by atoms with van der Waals surface area (Å²) in [7, 11) is 0. The predicted molar refractivity (Wildman–Crippen MR) is 95.5 cm³/mol. The first-order valence-corrected chi connectivity index (χ1v) is 8.19. The van der Waals surface area contributed by atoms with Crippen LogP contribution in [0, 0.1) is 11.3 Å². The first-order chi connectivity index (χ1) is 10.9. The first-order valence-electron chi connectivity index (χ1n) is 8.19. The van der Waals surface area contributed by atoms with Gasteiger partial charge >= 0.3 is 0 Å². The van der Waals surface area contributed by atoms with Gasteiger partial charge < -0.3 is 5.43 Å². The number of nitrogens with one attached hydrogen (secondary N) is 2. The molecule has 0 radical (unpaired) electrons. The standard InChI is InChI=1S/C20H24N2O/c1-13(2)11-14-9-10-15(17-8-6-5-7-16(14)17)12-18-20(3,4)19(23)22-21-18/h5-10,12-13,21H,11H2,1-4H3,(H,22,23)/b18-12-. The molecule has 120 valence electrons. The van der Waals surface area contributed by atoms with Crippen LogP contribution in [0.2, 0.25) is 0 Å². The van der Waals surface area contributed by atoms with E-state index in [1.54, 1.807) is 0 Å². The number of fused-ring (bicyclic) bond motifs is 1. The molecule has 0 aromatic heterocycles. The Morgan fingerprint density at radius 3 is 2.35 bits per heavy atom. The van der Waals surface area contributed by atoms with E-state index < -0.39 is 5.41 Å². The van der Waals surface area contributed by atoms with E-state index in [1.165, 1.54) is 16.3 Å². The lowest BCUT2D eigenvalue weighted by atomic mass is 9.87. The summed E-state index contributed by atoms with van der Waals surface area (Å²) in [4.78, 5) is 11.9. The topological polar surface area (TPSA) is 41.1 Å². The average Bonchev–Trinajstić information content (AvgIpc) is 2.76. The second-order valence-electron chi connectivity index (χ2n) is 7.22. The van der Waals surface area contributed by atoms with Crippen LogP contribution in [-0.2, 0) is 11.2 Å². The molecule has 23 heavy (non-hydrogen) atoms.